The van der Waals surface area contributed by atoms with Crippen LogP contribution in [0.4, 0.5) is 0 Å². The lowest BCUT2D eigenvalue weighted by molar-refractivity contribution is -0.139. The van der Waals surface area contributed by atoms with Crippen LogP contribution in [-0.2, 0) is 16.0 Å². The predicted octanol–water partition coefficient (Wildman–Crippen LogP) is 1.89. The molecule has 144 valence electrons. The molecule has 0 amide bonds. The summed E-state index contributed by atoms with van der Waals surface area (Å²) in [5.41, 5.74) is -2.31. The Hall–Kier alpha value is -3.68. The molecule has 8 heteroatoms. The third-order valence-electron chi connectivity index (χ3n) is 4.67. The zero-order valence-corrected chi connectivity index (χ0v) is 15.0. The van der Waals surface area contributed by atoms with Crippen LogP contribution in [0.25, 0.3) is 0 Å². The molecule has 0 unspecified atom stereocenters. The molecule has 8 nitrogen and oxygen atoms in total. The van der Waals surface area contributed by atoms with Crippen molar-refractivity contribution in [1.82, 2.24) is 0 Å². The second kappa shape index (κ2) is 6.80. The first-order valence-electron chi connectivity index (χ1n) is 8.36. The molecule has 0 saturated carbocycles. The van der Waals surface area contributed by atoms with E-state index in [9.17, 15) is 34.5 Å². The molecule has 1 aliphatic carbocycles. The molecule has 0 radical (unpaired) electrons. The Labute approximate surface area is 159 Å². The lowest BCUT2D eigenvalue weighted by atomic mass is 9.79. The Morgan fingerprint density at radius 1 is 0.964 bits per heavy atom. The van der Waals surface area contributed by atoms with Gasteiger partial charge in [0.1, 0.15) is 17.2 Å². The minimum atomic E-state index is -0.912. The van der Waals surface area contributed by atoms with E-state index in [1.807, 2.05) is 0 Å². The largest absolute Gasteiger partial charge is 0.507 e. The zero-order valence-electron chi connectivity index (χ0n) is 15.0. The molecule has 0 aromatic heterocycles. The van der Waals surface area contributed by atoms with E-state index in [4.69, 9.17) is 0 Å². The van der Waals surface area contributed by atoms with Gasteiger partial charge in [0.05, 0.1) is 35.8 Å². The Balaban J connectivity index is 2.41. The van der Waals surface area contributed by atoms with E-state index in [1.165, 1.54) is 25.1 Å². The number of rotatable bonds is 4. The van der Waals surface area contributed by atoms with Gasteiger partial charge in [-0.2, -0.15) is 0 Å². The van der Waals surface area contributed by atoms with Crippen molar-refractivity contribution in [3.63, 3.8) is 0 Å². The quantitative estimate of drug-likeness (QED) is 0.352. The van der Waals surface area contributed by atoms with Crippen LogP contribution in [0.1, 0.15) is 61.1 Å². The smallest absolute Gasteiger partial charge is 0.310 e. The summed E-state index contributed by atoms with van der Waals surface area (Å²) in [7, 11) is 1.10. The van der Waals surface area contributed by atoms with Crippen molar-refractivity contribution in [3.05, 3.63) is 51.6 Å². The maximum atomic E-state index is 12.9. The molecule has 0 fully saturated rings. The molecule has 2 aromatic carbocycles. The molecule has 0 atom stereocenters. The van der Waals surface area contributed by atoms with Gasteiger partial charge in [0.2, 0.25) is 5.78 Å². The molecule has 0 saturated heterocycles. The topological polar surface area (TPSA) is 138 Å². The second-order valence-corrected chi connectivity index (χ2v) is 6.19. The van der Waals surface area contributed by atoms with Crippen LogP contribution in [0.5, 0.6) is 17.2 Å². The summed E-state index contributed by atoms with van der Waals surface area (Å²) in [5.74, 6) is -5.22. The van der Waals surface area contributed by atoms with E-state index in [1.54, 1.807) is 0 Å². The minimum absolute atomic E-state index is 0.0933. The maximum Gasteiger partial charge on any atom is 0.310 e. The lowest BCUT2D eigenvalue weighted by Crippen LogP contribution is -2.24. The minimum Gasteiger partial charge on any atom is -0.507 e. The standard InChI is InChI=1S/C20H16O8/c1-3-10(21)14-9(7-12(23)28-2)18(25)15-16(20(14)27)19(26)13-8(17(15)24)5-4-6-11(13)22/h4-6,22,25,27H,3,7H2,1-2H3. The van der Waals surface area contributed by atoms with E-state index < -0.39 is 63.7 Å². The maximum absolute atomic E-state index is 12.9. The number of fused-ring (bicyclic) bond motifs is 2. The van der Waals surface area contributed by atoms with Crippen molar-refractivity contribution < 1.29 is 39.2 Å². The number of hydrogen-bond donors (Lipinski definition) is 3. The van der Waals surface area contributed by atoms with Gasteiger partial charge in [0.15, 0.2) is 11.6 Å². The molecule has 3 N–H and O–H groups in total. The monoisotopic (exact) mass is 384 g/mol. The van der Waals surface area contributed by atoms with E-state index in [2.05, 4.69) is 4.74 Å². The number of ketones is 3. The van der Waals surface area contributed by atoms with Crippen LogP contribution < -0.4 is 0 Å². The number of phenols is 3. The van der Waals surface area contributed by atoms with E-state index in [0.717, 1.165) is 7.11 Å². The fraction of sp³-hybridized carbons (Fsp3) is 0.200. The van der Waals surface area contributed by atoms with Crippen molar-refractivity contribution in [1.29, 1.82) is 0 Å². The van der Waals surface area contributed by atoms with Gasteiger partial charge >= 0.3 is 5.97 Å². The number of phenolic OH excluding ortho intramolecular Hbond substituents is 3. The van der Waals surface area contributed by atoms with Crippen molar-refractivity contribution in [2.75, 3.05) is 7.11 Å². The SMILES string of the molecule is CCC(=O)c1c(O)c2c(c(O)c1CC(=O)OC)C(=O)c1cccc(O)c1C2=O. The molecule has 1 aliphatic rings. The number of hydrogen-bond acceptors (Lipinski definition) is 8. The van der Waals surface area contributed by atoms with Crippen molar-refractivity contribution in [3.8, 4) is 17.2 Å². The molecule has 0 spiro atoms. The molecule has 0 aliphatic heterocycles. The summed E-state index contributed by atoms with van der Waals surface area (Å²) >= 11 is 0. The first-order chi connectivity index (χ1) is 13.2. The van der Waals surface area contributed by atoms with Gasteiger partial charge in [-0.1, -0.05) is 19.1 Å². The Morgan fingerprint density at radius 2 is 1.61 bits per heavy atom. The summed E-state index contributed by atoms with van der Waals surface area (Å²) in [6.07, 6.45) is -0.678. The molecule has 3 rings (SSSR count). The average molecular weight is 384 g/mol. The van der Waals surface area contributed by atoms with Crippen LogP contribution in [-0.4, -0.2) is 45.7 Å². The van der Waals surface area contributed by atoms with Crippen molar-refractivity contribution >= 4 is 23.3 Å². The fourth-order valence-electron chi connectivity index (χ4n) is 3.31. The highest BCUT2D eigenvalue weighted by molar-refractivity contribution is 6.32. The van der Waals surface area contributed by atoms with Gasteiger partial charge < -0.3 is 20.1 Å². The number of aromatic hydroxyl groups is 3. The molecular weight excluding hydrogens is 368 g/mol. The number of esters is 1. The summed E-state index contributed by atoms with van der Waals surface area (Å²) in [6.45, 7) is 1.49. The van der Waals surface area contributed by atoms with Gasteiger partial charge in [0, 0.05) is 17.5 Å². The molecule has 2 aromatic rings. The van der Waals surface area contributed by atoms with Gasteiger partial charge in [-0.25, -0.2) is 0 Å². The van der Waals surface area contributed by atoms with Crippen molar-refractivity contribution in [2.45, 2.75) is 19.8 Å². The highest BCUT2D eigenvalue weighted by atomic mass is 16.5. The van der Waals surface area contributed by atoms with Crippen LogP contribution in [0.15, 0.2) is 18.2 Å². The Kier molecular flexibility index (Phi) is 4.64. The molecule has 0 heterocycles. The highest BCUT2D eigenvalue weighted by Gasteiger charge is 2.40. The Bertz CT molecular complexity index is 1060. The summed E-state index contributed by atoms with van der Waals surface area (Å²) in [5, 5.41) is 31.4. The van der Waals surface area contributed by atoms with E-state index >= 15 is 0 Å². The molecule has 0 bridgehead atoms. The summed E-state index contributed by atoms with van der Waals surface area (Å²) in [6, 6.07) is 3.85. The average Bonchev–Trinajstić information content (AvgIpc) is 2.67. The van der Waals surface area contributed by atoms with Crippen LogP contribution in [0, 0.1) is 0 Å². The van der Waals surface area contributed by atoms with E-state index in [-0.39, 0.29) is 23.1 Å². The molecule has 28 heavy (non-hydrogen) atoms. The van der Waals surface area contributed by atoms with Crippen LogP contribution in [0.2, 0.25) is 0 Å². The van der Waals surface area contributed by atoms with Gasteiger partial charge in [-0.15, -0.1) is 0 Å². The van der Waals surface area contributed by atoms with Gasteiger partial charge in [0.25, 0.3) is 0 Å². The van der Waals surface area contributed by atoms with E-state index in [0.29, 0.717) is 0 Å². The normalized spacial score (nSPS) is 12.4. The summed E-state index contributed by atoms with van der Waals surface area (Å²) < 4.78 is 4.55. The second-order valence-electron chi connectivity index (χ2n) is 6.19. The molecular formula is C20H16O8. The zero-order chi connectivity index (χ0) is 20.7. The predicted molar refractivity (Wildman–Crippen MR) is 95.1 cm³/mol. The third-order valence-corrected chi connectivity index (χ3v) is 4.67. The third kappa shape index (κ3) is 2.61. The lowest BCUT2D eigenvalue weighted by Gasteiger charge is -2.23. The first-order valence-corrected chi connectivity index (χ1v) is 8.36. The van der Waals surface area contributed by atoms with Crippen LogP contribution in [0.3, 0.4) is 0 Å². The summed E-state index contributed by atoms with van der Waals surface area (Å²) in [4.78, 5) is 50.0. The fourth-order valence-corrected chi connectivity index (χ4v) is 3.31. The number of Topliss-reactive ketones (excluding diaryl/α,β-unsaturated/α-hetero) is 1. The number of ether oxygens (including phenoxy) is 1. The van der Waals surface area contributed by atoms with Crippen molar-refractivity contribution in [2.24, 2.45) is 0 Å². The van der Waals surface area contributed by atoms with Gasteiger partial charge in [-0.3, -0.25) is 19.2 Å². The number of carbonyl (C=O) groups is 4. The van der Waals surface area contributed by atoms with Crippen LogP contribution >= 0.6 is 0 Å². The first kappa shape index (κ1) is 19.1. The number of benzene rings is 2. The number of methoxy groups -OCH3 is 1. The van der Waals surface area contributed by atoms with Gasteiger partial charge in [-0.05, 0) is 6.07 Å². The Morgan fingerprint density at radius 3 is 2.21 bits per heavy atom. The highest BCUT2D eigenvalue weighted by Crippen LogP contribution is 2.45. The number of carbonyl (C=O) groups excluding carboxylic acids is 4.